The number of nitrogens with one attached hydrogen (secondary N) is 1. The average Bonchev–Trinajstić information content (AvgIpc) is 3.37. The van der Waals surface area contributed by atoms with Crippen molar-refractivity contribution in [2.45, 2.75) is 25.1 Å². The van der Waals surface area contributed by atoms with Crippen LogP contribution in [-0.2, 0) is 16.1 Å². The first-order chi connectivity index (χ1) is 11.7. The lowest BCUT2D eigenvalue weighted by atomic mass is 10.0. The first-order valence-corrected chi connectivity index (χ1v) is 9.81. The Hall–Kier alpha value is -1.70. The normalized spacial score (nSPS) is 25.7. The summed E-state index contributed by atoms with van der Waals surface area (Å²) < 4.78 is 5.80. The Balaban J connectivity index is 1.46. The molecule has 2 amide bonds. The zero-order valence-corrected chi connectivity index (χ0v) is 14.6. The Kier molecular flexibility index (Phi) is 4.39. The molecular weight excluding hydrogens is 344 g/mol. The van der Waals surface area contributed by atoms with Crippen LogP contribution in [0.2, 0.25) is 0 Å². The molecule has 7 heteroatoms. The van der Waals surface area contributed by atoms with E-state index in [2.05, 4.69) is 5.32 Å². The maximum Gasteiger partial charge on any atom is 0.255 e. The number of carbonyl (C=O) groups is 2. The number of thiophene rings is 2. The van der Waals surface area contributed by atoms with Gasteiger partial charge < -0.3 is 15.0 Å². The number of nitrogens with zero attached hydrogens (tertiary/aromatic N) is 1. The van der Waals surface area contributed by atoms with E-state index in [1.807, 2.05) is 39.2 Å². The molecule has 2 aliphatic rings. The molecule has 126 valence electrons. The summed E-state index contributed by atoms with van der Waals surface area (Å²) in [6.45, 7) is 1.57. The SMILES string of the molecule is O=C(NCc1cccs1)[C@@H]1CN(C(=O)c2ccsc2)[C@@H]2CCO[C@@H]21. The fourth-order valence-electron chi connectivity index (χ4n) is 3.51. The molecule has 2 fully saturated rings. The molecule has 24 heavy (non-hydrogen) atoms. The summed E-state index contributed by atoms with van der Waals surface area (Å²) in [6.07, 6.45) is 0.617. The van der Waals surface area contributed by atoms with E-state index in [-0.39, 0.29) is 29.9 Å². The van der Waals surface area contributed by atoms with E-state index in [4.69, 9.17) is 4.74 Å². The van der Waals surface area contributed by atoms with Crippen LogP contribution < -0.4 is 5.32 Å². The number of hydrogen-bond donors (Lipinski definition) is 1. The summed E-state index contributed by atoms with van der Waals surface area (Å²) in [7, 11) is 0. The molecule has 0 saturated carbocycles. The predicted molar refractivity (Wildman–Crippen MR) is 93.2 cm³/mol. The van der Waals surface area contributed by atoms with Crippen LogP contribution in [-0.4, -0.2) is 42.0 Å². The second-order valence-corrected chi connectivity index (χ2v) is 7.88. The molecule has 2 aromatic heterocycles. The van der Waals surface area contributed by atoms with E-state index in [9.17, 15) is 9.59 Å². The molecule has 0 aromatic carbocycles. The third-order valence-corrected chi connectivity index (χ3v) is 6.24. The van der Waals surface area contributed by atoms with Crippen LogP contribution >= 0.6 is 22.7 Å². The largest absolute Gasteiger partial charge is 0.375 e. The highest BCUT2D eigenvalue weighted by Crippen LogP contribution is 2.34. The number of hydrogen-bond acceptors (Lipinski definition) is 5. The average molecular weight is 362 g/mol. The number of amides is 2. The minimum atomic E-state index is -0.292. The van der Waals surface area contributed by atoms with Gasteiger partial charge in [0.25, 0.3) is 5.91 Å². The third kappa shape index (κ3) is 2.87. The monoisotopic (exact) mass is 362 g/mol. The Morgan fingerprint density at radius 1 is 1.33 bits per heavy atom. The number of rotatable bonds is 4. The molecule has 2 aliphatic heterocycles. The van der Waals surface area contributed by atoms with Crippen LogP contribution in [0.1, 0.15) is 21.7 Å². The van der Waals surface area contributed by atoms with E-state index in [1.165, 1.54) is 11.3 Å². The quantitative estimate of drug-likeness (QED) is 0.908. The second-order valence-electron chi connectivity index (χ2n) is 6.06. The molecule has 0 bridgehead atoms. The summed E-state index contributed by atoms with van der Waals surface area (Å²) in [4.78, 5) is 28.3. The van der Waals surface area contributed by atoms with Gasteiger partial charge in [0, 0.05) is 23.4 Å². The predicted octanol–water partition coefficient (Wildman–Crippen LogP) is 2.36. The first-order valence-electron chi connectivity index (χ1n) is 7.99. The lowest BCUT2D eigenvalue weighted by molar-refractivity contribution is -0.127. The van der Waals surface area contributed by atoms with Crippen LogP contribution in [0.3, 0.4) is 0 Å². The van der Waals surface area contributed by atoms with Crippen LogP contribution in [0.4, 0.5) is 0 Å². The summed E-state index contributed by atoms with van der Waals surface area (Å²) >= 11 is 3.13. The van der Waals surface area contributed by atoms with Crippen molar-refractivity contribution >= 4 is 34.5 Å². The molecular formula is C17H18N2O3S2. The molecule has 2 saturated heterocycles. The Bertz CT molecular complexity index is 714. The van der Waals surface area contributed by atoms with Crippen LogP contribution in [0, 0.1) is 5.92 Å². The summed E-state index contributed by atoms with van der Waals surface area (Å²) in [5, 5.41) is 8.74. The van der Waals surface area contributed by atoms with Gasteiger partial charge in [-0.05, 0) is 29.3 Å². The van der Waals surface area contributed by atoms with Crippen LogP contribution in [0.5, 0.6) is 0 Å². The summed E-state index contributed by atoms with van der Waals surface area (Å²) in [6, 6.07) is 5.82. The molecule has 4 rings (SSSR count). The lowest BCUT2D eigenvalue weighted by Crippen LogP contribution is -2.37. The van der Waals surface area contributed by atoms with Crippen molar-refractivity contribution < 1.29 is 14.3 Å². The van der Waals surface area contributed by atoms with Crippen molar-refractivity contribution in [3.63, 3.8) is 0 Å². The van der Waals surface area contributed by atoms with Gasteiger partial charge in [-0.1, -0.05) is 6.07 Å². The lowest BCUT2D eigenvalue weighted by Gasteiger charge is -2.21. The standard InChI is InChI=1S/C17H18N2O3S2/c20-16(18-8-12-2-1-6-24-12)13-9-19(14-3-5-22-15(13)14)17(21)11-4-7-23-10-11/h1-2,4,6-7,10,13-15H,3,5,8-9H2,(H,18,20)/t13-,14-,15-/m1/s1. The molecule has 3 atom stereocenters. The molecule has 0 unspecified atom stereocenters. The zero-order chi connectivity index (χ0) is 16.5. The Morgan fingerprint density at radius 3 is 3.00 bits per heavy atom. The van der Waals surface area contributed by atoms with Gasteiger partial charge in [-0.2, -0.15) is 11.3 Å². The Labute approximate surface area is 148 Å². The highest BCUT2D eigenvalue weighted by Gasteiger charge is 2.50. The van der Waals surface area contributed by atoms with Crippen LogP contribution in [0.15, 0.2) is 34.3 Å². The number of carbonyl (C=O) groups excluding carboxylic acids is 2. The summed E-state index contributed by atoms with van der Waals surface area (Å²) in [5.74, 6) is -0.314. The van der Waals surface area contributed by atoms with Gasteiger partial charge in [0.2, 0.25) is 5.91 Å². The van der Waals surface area contributed by atoms with Crippen molar-refractivity contribution in [3.05, 3.63) is 44.8 Å². The van der Waals surface area contributed by atoms with Gasteiger partial charge in [0.15, 0.2) is 0 Å². The van der Waals surface area contributed by atoms with E-state index >= 15 is 0 Å². The zero-order valence-electron chi connectivity index (χ0n) is 13.0. The smallest absolute Gasteiger partial charge is 0.255 e. The minimum Gasteiger partial charge on any atom is -0.375 e. The van der Waals surface area contributed by atoms with Gasteiger partial charge in [0.05, 0.1) is 30.2 Å². The van der Waals surface area contributed by atoms with Gasteiger partial charge in [-0.15, -0.1) is 11.3 Å². The molecule has 0 spiro atoms. The van der Waals surface area contributed by atoms with Crippen molar-refractivity contribution in [3.8, 4) is 0 Å². The fourth-order valence-corrected chi connectivity index (χ4v) is 4.78. The number of fused-ring (bicyclic) bond motifs is 1. The van der Waals surface area contributed by atoms with Crippen LogP contribution in [0.25, 0.3) is 0 Å². The Morgan fingerprint density at radius 2 is 2.25 bits per heavy atom. The fraction of sp³-hybridized carbons (Fsp3) is 0.412. The minimum absolute atomic E-state index is 0.00491. The van der Waals surface area contributed by atoms with E-state index in [0.717, 1.165) is 11.3 Å². The molecule has 4 heterocycles. The molecule has 0 aliphatic carbocycles. The maximum absolute atomic E-state index is 12.7. The summed E-state index contributed by atoms with van der Waals surface area (Å²) in [5.41, 5.74) is 0.699. The van der Waals surface area contributed by atoms with E-state index in [0.29, 0.717) is 25.3 Å². The van der Waals surface area contributed by atoms with Crippen molar-refractivity contribution in [1.29, 1.82) is 0 Å². The van der Waals surface area contributed by atoms with Gasteiger partial charge in [-0.25, -0.2) is 0 Å². The molecule has 0 radical (unpaired) electrons. The first kappa shape index (κ1) is 15.8. The highest BCUT2D eigenvalue weighted by molar-refractivity contribution is 7.09. The number of ether oxygens (including phenoxy) is 1. The third-order valence-electron chi connectivity index (χ3n) is 4.68. The van der Waals surface area contributed by atoms with Crippen molar-refractivity contribution in [2.24, 2.45) is 5.92 Å². The van der Waals surface area contributed by atoms with E-state index < -0.39 is 0 Å². The van der Waals surface area contributed by atoms with Crippen molar-refractivity contribution in [1.82, 2.24) is 10.2 Å². The van der Waals surface area contributed by atoms with Crippen molar-refractivity contribution in [2.75, 3.05) is 13.2 Å². The van der Waals surface area contributed by atoms with Gasteiger partial charge >= 0.3 is 0 Å². The highest BCUT2D eigenvalue weighted by atomic mass is 32.1. The number of likely N-dealkylation sites (tertiary alicyclic amines) is 1. The van der Waals surface area contributed by atoms with Gasteiger partial charge in [0.1, 0.15) is 0 Å². The topological polar surface area (TPSA) is 58.6 Å². The molecule has 1 N–H and O–H groups in total. The van der Waals surface area contributed by atoms with Gasteiger partial charge in [-0.3, -0.25) is 9.59 Å². The molecule has 2 aromatic rings. The van der Waals surface area contributed by atoms with E-state index in [1.54, 1.807) is 11.3 Å². The molecule has 5 nitrogen and oxygen atoms in total. The second kappa shape index (κ2) is 6.66. The maximum atomic E-state index is 12.7.